The normalized spacial score (nSPS) is 24.0. The lowest BCUT2D eigenvalue weighted by Crippen LogP contribution is -2.26. The van der Waals surface area contributed by atoms with Gasteiger partial charge >= 0.3 is 0 Å². The van der Waals surface area contributed by atoms with Crippen molar-refractivity contribution in [3.8, 4) is 0 Å². The fraction of sp³-hybridized carbons (Fsp3) is 0.636. The molecule has 13 heavy (non-hydrogen) atoms. The molecule has 1 rings (SSSR count). The fourth-order valence-corrected chi connectivity index (χ4v) is 3.72. The van der Waals surface area contributed by atoms with Crippen LogP contribution in [0.2, 0.25) is 19.6 Å². The number of hydrogen-bond acceptors (Lipinski definition) is 0. The van der Waals surface area contributed by atoms with Gasteiger partial charge in [-0.15, -0.1) is 6.58 Å². The third-order valence-electron chi connectivity index (χ3n) is 2.87. The van der Waals surface area contributed by atoms with Gasteiger partial charge in [0.25, 0.3) is 0 Å². The van der Waals surface area contributed by atoms with Gasteiger partial charge in [-0.3, -0.25) is 0 Å². The molecule has 0 aromatic rings. The van der Waals surface area contributed by atoms with Crippen molar-refractivity contribution >= 4 is 18.3 Å². The number of rotatable bonds is 2. The minimum Gasteiger partial charge on any atom is -0.104 e. The molecule has 0 heterocycles. The van der Waals surface area contributed by atoms with E-state index in [9.17, 15) is 0 Å². The van der Waals surface area contributed by atoms with Gasteiger partial charge in [-0.1, -0.05) is 36.1 Å². The Balaban J connectivity index is 2.63. The lowest BCUT2D eigenvalue weighted by atomic mass is 9.94. The predicted octanol–water partition coefficient (Wildman–Crippen LogP) is 3.27. The summed E-state index contributed by atoms with van der Waals surface area (Å²) in [5.74, 6) is 0.678. The SMILES string of the molecule is C=C([Si])C1CC=C([Si](C)(C)C)CC1. The van der Waals surface area contributed by atoms with Gasteiger partial charge in [0.15, 0.2) is 0 Å². The highest BCUT2D eigenvalue weighted by Crippen LogP contribution is 2.31. The Morgan fingerprint density at radius 2 is 2.15 bits per heavy atom. The van der Waals surface area contributed by atoms with E-state index in [1.807, 2.05) is 0 Å². The Hall–Kier alpha value is -0.0862. The minimum atomic E-state index is -1.01. The van der Waals surface area contributed by atoms with Crippen molar-refractivity contribution in [1.29, 1.82) is 0 Å². The quantitative estimate of drug-likeness (QED) is 0.610. The van der Waals surface area contributed by atoms with Crippen LogP contribution in [0, 0.1) is 5.92 Å². The lowest BCUT2D eigenvalue weighted by Gasteiger charge is -2.28. The Morgan fingerprint density at radius 1 is 1.54 bits per heavy atom. The smallest absolute Gasteiger partial charge is 0.0720 e. The van der Waals surface area contributed by atoms with Crippen LogP contribution in [-0.4, -0.2) is 18.3 Å². The van der Waals surface area contributed by atoms with E-state index in [0.29, 0.717) is 5.92 Å². The van der Waals surface area contributed by atoms with E-state index < -0.39 is 8.07 Å². The molecule has 3 radical (unpaired) electrons. The van der Waals surface area contributed by atoms with E-state index in [1.54, 1.807) is 5.20 Å². The van der Waals surface area contributed by atoms with E-state index in [-0.39, 0.29) is 0 Å². The molecular formula is C11H19Si2. The van der Waals surface area contributed by atoms with Crippen LogP contribution in [0.15, 0.2) is 23.0 Å². The zero-order valence-electron chi connectivity index (χ0n) is 8.98. The lowest BCUT2D eigenvalue weighted by molar-refractivity contribution is 0.568. The van der Waals surface area contributed by atoms with Crippen molar-refractivity contribution in [1.82, 2.24) is 0 Å². The van der Waals surface area contributed by atoms with Crippen molar-refractivity contribution < 1.29 is 0 Å². The van der Waals surface area contributed by atoms with Crippen LogP contribution in [0.25, 0.3) is 0 Å². The molecular weight excluding hydrogens is 188 g/mol. The van der Waals surface area contributed by atoms with Crippen LogP contribution < -0.4 is 0 Å². The second-order valence-corrected chi connectivity index (χ2v) is 10.8. The monoisotopic (exact) mass is 207 g/mol. The topological polar surface area (TPSA) is 0 Å². The Kier molecular flexibility index (Phi) is 3.35. The molecule has 0 fully saturated rings. The first-order valence-electron chi connectivity index (χ1n) is 5.01. The average Bonchev–Trinajstić information content (AvgIpc) is 2.03. The summed E-state index contributed by atoms with van der Waals surface area (Å²) in [4.78, 5) is 0. The van der Waals surface area contributed by atoms with Crippen LogP contribution in [0.4, 0.5) is 0 Å². The summed E-state index contributed by atoms with van der Waals surface area (Å²) in [6.45, 7) is 11.3. The van der Waals surface area contributed by atoms with E-state index in [1.165, 1.54) is 24.5 Å². The van der Waals surface area contributed by atoms with Crippen molar-refractivity contribution in [2.45, 2.75) is 38.9 Å². The maximum Gasteiger partial charge on any atom is 0.0720 e. The Bertz CT molecular complexity index is 233. The number of allylic oxidation sites excluding steroid dienone is 3. The first-order valence-corrected chi connectivity index (χ1v) is 9.01. The zero-order chi connectivity index (χ0) is 10.1. The fourth-order valence-electron chi connectivity index (χ4n) is 1.83. The van der Waals surface area contributed by atoms with Crippen LogP contribution in [0.5, 0.6) is 0 Å². The van der Waals surface area contributed by atoms with E-state index >= 15 is 0 Å². The molecule has 1 atom stereocenters. The largest absolute Gasteiger partial charge is 0.104 e. The summed E-state index contributed by atoms with van der Waals surface area (Å²) in [7, 11) is 2.54. The molecule has 0 saturated carbocycles. The minimum absolute atomic E-state index is 0.678. The first kappa shape index (κ1) is 11.0. The Labute approximate surface area is 86.6 Å². The van der Waals surface area contributed by atoms with Crippen molar-refractivity contribution in [3.63, 3.8) is 0 Å². The summed E-state index contributed by atoms with van der Waals surface area (Å²) in [6, 6.07) is 0. The first-order chi connectivity index (χ1) is 5.91. The molecule has 0 aromatic heterocycles. The second-order valence-electron chi connectivity index (χ2n) is 4.98. The molecule has 1 aliphatic rings. The van der Waals surface area contributed by atoms with Crippen LogP contribution in [-0.2, 0) is 0 Å². The highest BCUT2D eigenvalue weighted by atomic mass is 28.3. The van der Waals surface area contributed by atoms with Gasteiger partial charge in [0.05, 0.1) is 18.3 Å². The molecule has 0 bridgehead atoms. The van der Waals surface area contributed by atoms with Crippen molar-refractivity contribution in [2.24, 2.45) is 5.92 Å². The van der Waals surface area contributed by atoms with Gasteiger partial charge in [0.2, 0.25) is 0 Å². The summed E-state index contributed by atoms with van der Waals surface area (Å²) in [5.41, 5.74) is 0. The van der Waals surface area contributed by atoms with Crippen molar-refractivity contribution in [3.05, 3.63) is 23.0 Å². The molecule has 0 amide bonds. The van der Waals surface area contributed by atoms with Gasteiger partial charge in [0.1, 0.15) is 0 Å². The third kappa shape index (κ3) is 2.95. The predicted molar refractivity (Wildman–Crippen MR) is 63.7 cm³/mol. The van der Waals surface area contributed by atoms with Gasteiger partial charge in [-0.05, 0) is 25.2 Å². The van der Waals surface area contributed by atoms with E-state index in [2.05, 4.69) is 42.5 Å². The Morgan fingerprint density at radius 3 is 2.46 bits per heavy atom. The van der Waals surface area contributed by atoms with Crippen LogP contribution in [0.3, 0.4) is 0 Å². The molecule has 0 aliphatic heterocycles. The zero-order valence-corrected chi connectivity index (χ0v) is 11.0. The molecule has 0 spiro atoms. The molecule has 2 heteroatoms. The standard InChI is InChI=1S/C11H19Si2/c1-9(12)10-5-7-11(8-6-10)13(2,3)4/h7,10H,1,5-6,8H2,2-4H3. The van der Waals surface area contributed by atoms with Crippen LogP contribution >= 0.6 is 0 Å². The highest BCUT2D eigenvalue weighted by molar-refractivity contribution is 6.83. The van der Waals surface area contributed by atoms with Crippen LogP contribution in [0.1, 0.15) is 19.3 Å². The van der Waals surface area contributed by atoms with Gasteiger partial charge in [-0.25, -0.2) is 0 Å². The third-order valence-corrected chi connectivity index (χ3v) is 5.66. The molecule has 1 aliphatic carbocycles. The average molecular weight is 207 g/mol. The van der Waals surface area contributed by atoms with Gasteiger partial charge < -0.3 is 0 Å². The summed E-state index contributed by atoms with van der Waals surface area (Å²) in [5, 5.41) is 2.92. The molecule has 1 unspecified atom stereocenters. The molecule has 0 saturated heterocycles. The summed E-state index contributed by atoms with van der Waals surface area (Å²) >= 11 is 0. The number of hydrogen-bond donors (Lipinski definition) is 0. The molecule has 0 aromatic carbocycles. The summed E-state index contributed by atoms with van der Waals surface area (Å²) < 4.78 is 0. The maximum absolute atomic E-state index is 3.96. The molecule has 71 valence electrons. The van der Waals surface area contributed by atoms with Gasteiger partial charge in [0, 0.05) is 0 Å². The van der Waals surface area contributed by atoms with Gasteiger partial charge in [-0.2, -0.15) is 0 Å². The van der Waals surface area contributed by atoms with Crippen molar-refractivity contribution in [2.75, 3.05) is 0 Å². The highest BCUT2D eigenvalue weighted by Gasteiger charge is 2.23. The summed E-state index contributed by atoms with van der Waals surface area (Å²) in [6.07, 6.45) is 6.25. The second kappa shape index (κ2) is 3.97. The molecule has 0 N–H and O–H groups in total. The molecule has 0 nitrogen and oxygen atoms in total. The van der Waals surface area contributed by atoms with E-state index in [4.69, 9.17) is 0 Å². The van der Waals surface area contributed by atoms with E-state index in [0.717, 1.165) is 0 Å². The maximum atomic E-state index is 3.96.